The molecule has 2 atom stereocenters. The van der Waals surface area contributed by atoms with Gasteiger partial charge in [-0.1, -0.05) is 113 Å². The van der Waals surface area contributed by atoms with Gasteiger partial charge in [-0.3, -0.25) is 0 Å². The Hall–Kier alpha value is -2.34. The van der Waals surface area contributed by atoms with E-state index in [1.807, 2.05) is 13.8 Å². The molecule has 0 heteroatoms. The summed E-state index contributed by atoms with van der Waals surface area (Å²) in [5.74, 6) is 1.29. The Labute approximate surface area is 179 Å². The topological polar surface area (TPSA) is 0 Å². The third-order valence-electron chi connectivity index (χ3n) is 5.78. The summed E-state index contributed by atoms with van der Waals surface area (Å²) >= 11 is 0. The quantitative estimate of drug-likeness (QED) is 0.412. The summed E-state index contributed by atoms with van der Waals surface area (Å²) < 4.78 is 0. The monoisotopic (exact) mass is 386 g/mol. The van der Waals surface area contributed by atoms with Gasteiger partial charge in [-0.2, -0.15) is 0 Å². The Balaban J connectivity index is 0.000000226. The summed E-state index contributed by atoms with van der Waals surface area (Å²) in [6, 6.07) is 30.5. The summed E-state index contributed by atoms with van der Waals surface area (Å²) in [5.41, 5.74) is 6.06. The molecule has 1 aliphatic rings. The van der Waals surface area contributed by atoms with Gasteiger partial charge in [-0.25, -0.2) is 0 Å². The first kappa shape index (κ1) is 22.9. The SMILES string of the molecule is CC.CCC(CC(C)c1ccccc1)c1ccccc1.c1ccc2c(c1)CCC2. The van der Waals surface area contributed by atoms with Crippen LogP contribution >= 0.6 is 0 Å². The largest absolute Gasteiger partial charge is 0.0683 e. The van der Waals surface area contributed by atoms with Crippen LogP contribution in [0.1, 0.15) is 81.0 Å². The van der Waals surface area contributed by atoms with Crippen molar-refractivity contribution in [2.75, 3.05) is 0 Å². The van der Waals surface area contributed by atoms with Crippen LogP contribution in [0.3, 0.4) is 0 Å². The number of aryl methyl sites for hydroxylation is 2. The molecule has 0 fully saturated rings. The molecule has 0 saturated carbocycles. The van der Waals surface area contributed by atoms with E-state index in [-0.39, 0.29) is 0 Å². The van der Waals surface area contributed by atoms with Gasteiger partial charge in [0.05, 0.1) is 0 Å². The first-order valence-corrected chi connectivity index (χ1v) is 11.4. The van der Waals surface area contributed by atoms with Gasteiger partial charge in [0.15, 0.2) is 0 Å². The lowest BCUT2D eigenvalue weighted by Gasteiger charge is -2.20. The first-order chi connectivity index (χ1) is 14.3. The summed E-state index contributed by atoms with van der Waals surface area (Å²) in [6.45, 7) is 8.62. The van der Waals surface area contributed by atoms with E-state index in [0.29, 0.717) is 11.8 Å². The molecular formula is C29H38. The number of rotatable bonds is 5. The van der Waals surface area contributed by atoms with E-state index < -0.39 is 0 Å². The van der Waals surface area contributed by atoms with Crippen molar-refractivity contribution in [3.63, 3.8) is 0 Å². The smallest absolute Gasteiger partial charge is 0.0159 e. The molecule has 0 amide bonds. The minimum absolute atomic E-state index is 0.622. The van der Waals surface area contributed by atoms with E-state index in [1.165, 1.54) is 43.2 Å². The van der Waals surface area contributed by atoms with Crippen LogP contribution in [0.25, 0.3) is 0 Å². The van der Waals surface area contributed by atoms with Gasteiger partial charge in [0.1, 0.15) is 0 Å². The highest BCUT2D eigenvalue weighted by atomic mass is 14.2. The van der Waals surface area contributed by atoms with E-state index >= 15 is 0 Å². The van der Waals surface area contributed by atoms with Crippen LogP contribution < -0.4 is 0 Å². The van der Waals surface area contributed by atoms with Crippen molar-refractivity contribution in [3.8, 4) is 0 Å². The lowest BCUT2D eigenvalue weighted by atomic mass is 9.85. The van der Waals surface area contributed by atoms with E-state index in [2.05, 4.69) is 98.8 Å². The van der Waals surface area contributed by atoms with Gasteiger partial charge < -0.3 is 0 Å². The predicted octanol–water partition coefficient (Wildman–Crippen LogP) is 8.58. The van der Waals surface area contributed by atoms with Crippen LogP contribution in [-0.2, 0) is 12.8 Å². The van der Waals surface area contributed by atoms with Gasteiger partial charge in [0, 0.05) is 0 Å². The standard InChI is InChI=1S/C18H22.C9H10.C2H6/c1-3-16(18-12-8-5-9-13-18)14-15(2)17-10-6-4-7-11-17;1-2-5-9-7-3-6-8(9)4-1;1-2/h4-13,15-16H,3,14H2,1-2H3;1-2,4-5H,3,6-7H2;1-2H3. The van der Waals surface area contributed by atoms with E-state index in [0.717, 1.165) is 0 Å². The molecule has 0 bridgehead atoms. The number of hydrogen-bond acceptors (Lipinski definition) is 0. The number of benzene rings is 3. The van der Waals surface area contributed by atoms with Crippen molar-refractivity contribution < 1.29 is 0 Å². The summed E-state index contributed by atoms with van der Waals surface area (Å²) in [6.07, 6.45) is 6.40. The molecule has 3 aromatic rings. The maximum Gasteiger partial charge on any atom is -0.0159 e. The first-order valence-electron chi connectivity index (χ1n) is 11.4. The fourth-order valence-electron chi connectivity index (χ4n) is 4.12. The van der Waals surface area contributed by atoms with Crippen molar-refractivity contribution in [1.29, 1.82) is 0 Å². The fourth-order valence-corrected chi connectivity index (χ4v) is 4.12. The molecule has 0 aromatic heterocycles. The highest BCUT2D eigenvalue weighted by molar-refractivity contribution is 5.30. The predicted molar refractivity (Wildman–Crippen MR) is 129 cm³/mol. The van der Waals surface area contributed by atoms with Crippen LogP contribution in [-0.4, -0.2) is 0 Å². The Morgan fingerprint density at radius 3 is 1.59 bits per heavy atom. The molecule has 0 aliphatic heterocycles. The number of hydrogen-bond donors (Lipinski definition) is 0. The zero-order valence-electron chi connectivity index (χ0n) is 18.8. The highest BCUT2D eigenvalue weighted by Crippen LogP contribution is 2.31. The second-order valence-corrected chi connectivity index (χ2v) is 7.69. The molecule has 2 unspecified atom stereocenters. The summed E-state index contributed by atoms with van der Waals surface area (Å²) in [4.78, 5) is 0. The van der Waals surface area contributed by atoms with Gasteiger partial charge in [0.25, 0.3) is 0 Å². The van der Waals surface area contributed by atoms with Crippen LogP contribution in [0.2, 0.25) is 0 Å². The Kier molecular flexibility index (Phi) is 10.3. The van der Waals surface area contributed by atoms with Crippen molar-refractivity contribution in [1.82, 2.24) is 0 Å². The van der Waals surface area contributed by atoms with Crippen molar-refractivity contribution in [2.24, 2.45) is 0 Å². The van der Waals surface area contributed by atoms with Gasteiger partial charge in [0.2, 0.25) is 0 Å². The molecule has 0 nitrogen and oxygen atoms in total. The van der Waals surface area contributed by atoms with E-state index in [9.17, 15) is 0 Å². The molecule has 0 saturated heterocycles. The zero-order chi connectivity index (χ0) is 20.9. The molecule has 154 valence electrons. The molecule has 0 N–H and O–H groups in total. The minimum atomic E-state index is 0.622. The molecule has 0 heterocycles. The van der Waals surface area contributed by atoms with Crippen LogP contribution in [0.4, 0.5) is 0 Å². The Bertz CT molecular complexity index is 766. The highest BCUT2D eigenvalue weighted by Gasteiger charge is 2.14. The van der Waals surface area contributed by atoms with Crippen molar-refractivity contribution in [2.45, 2.75) is 71.6 Å². The Morgan fingerprint density at radius 2 is 1.10 bits per heavy atom. The van der Waals surface area contributed by atoms with E-state index in [1.54, 1.807) is 11.1 Å². The third kappa shape index (κ3) is 7.20. The summed E-state index contributed by atoms with van der Waals surface area (Å²) in [5, 5.41) is 0. The molecule has 0 radical (unpaired) electrons. The van der Waals surface area contributed by atoms with Crippen LogP contribution in [0.15, 0.2) is 84.9 Å². The van der Waals surface area contributed by atoms with Crippen molar-refractivity contribution in [3.05, 3.63) is 107 Å². The average molecular weight is 387 g/mol. The fraction of sp³-hybridized carbons (Fsp3) is 0.379. The molecule has 1 aliphatic carbocycles. The lowest BCUT2D eigenvalue weighted by molar-refractivity contribution is 0.544. The van der Waals surface area contributed by atoms with E-state index in [4.69, 9.17) is 0 Å². The van der Waals surface area contributed by atoms with Gasteiger partial charge in [-0.15, -0.1) is 0 Å². The minimum Gasteiger partial charge on any atom is -0.0683 e. The van der Waals surface area contributed by atoms with Gasteiger partial charge >= 0.3 is 0 Å². The molecule has 0 spiro atoms. The zero-order valence-corrected chi connectivity index (χ0v) is 18.8. The third-order valence-corrected chi connectivity index (χ3v) is 5.78. The van der Waals surface area contributed by atoms with Crippen LogP contribution in [0, 0.1) is 0 Å². The molecule has 3 aromatic carbocycles. The average Bonchev–Trinajstić information content (AvgIpc) is 3.29. The van der Waals surface area contributed by atoms with Gasteiger partial charge in [-0.05, 0) is 66.2 Å². The summed E-state index contributed by atoms with van der Waals surface area (Å²) in [7, 11) is 0. The lowest BCUT2D eigenvalue weighted by Crippen LogP contribution is -2.03. The molecule has 29 heavy (non-hydrogen) atoms. The normalized spacial score (nSPS) is 13.8. The second-order valence-electron chi connectivity index (χ2n) is 7.69. The van der Waals surface area contributed by atoms with Crippen LogP contribution in [0.5, 0.6) is 0 Å². The maximum absolute atomic E-state index is 2.33. The molecular weight excluding hydrogens is 348 g/mol. The van der Waals surface area contributed by atoms with Crippen molar-refractivity contribution >= 4 is 0 Å². The number of fused-ring (bicyclic) bond motifs is 1. The maximum atomic E-state index is 2.33. The second kappa shape index (κ2) is 13.0. The molecule has 4 rings (SSSR count). The Morgan fingerprint density at radius 1 is 0.655 bits per heavy atom.